The Morgan fingerprint density at radius 1 is 0.950 bits per heavy atom. The van der Waals surface area contributed by atoms with Crippen molar-refractivity contribution in [2.24, 2.45) is 23.7 Å². The first-order valence-electron chi connectivity index (χ1n) is 8.04. The van der Waals surface area contributed by atoms with Gasteiger partial charge in [0, 0.05) is 6.04 Å². The highest BCUT2D eigenvalue weighted by atomic mass is 16.4. The van der Waals surface area contributed by atoms with Crippen molar-refractivity contribution >= 4 is 11.9 Å². The van der Waals surface area contributed by atoms with Crippen molar-refractivity contribution in [2.75, 3.05) is 0 Å². The van der Waals surface area contributed by atoms with Crippen LogP contribution in [0.2, 0.25) is 0 Å². The molecule has 2 rings (SSSR count). The topological polar surface area (TPSA) is 66.4 Å². The number of carbonyl (C=O) groups excluding carboxylic acids is 1. The van der Waals surface area contributed by atoms with E-state index in [0.717, 1.165) is 32.1 Å². The van der Waals surface area contributed by atoms with Crippen molar-refractivity contribution in [2.45, 2.75) is 64.8 Å². The Kier molecular flexibility index (Phi) is 5.06. The second-order valence-electron chi connectivity index (χ2n) is 6.72. The molecule has 114 valence electrons. The third-order valence-electron chi connectivity index (χ3n) is 5.45. The third-order valence-corrected chi connectivity index (χ3v) is 5.45. The second-order valence-corrected chi connectivity index (χ2v) is 6.72. The smallest absolute Gasteiger partial charge is 0.307 e. The van der Waals surface area contributed by atoms with Crippen molar-refractivity contribution in [3.8, 4) is 0 Å². The summed E-state index contributed by atoms with van der Waals surface area (Å²) in [7, 11) is 0. The van der Waals surface area contributed by atoms with Gasteiger partial charge in [0.15, 0.2) is 0 Å². The van der Waals surface area contributed by atoms with Crippen LogP contribution in [0, 0.1) is 23.7 Å². The molecule has 0 aliphatic heterocycles. The fraction of sp³-hybridized carbons (Fsp3) is 0.875. The molecular formula is C16H27NO3. The van der Waals surface area contributed by atoms with E-state index in [4.69, 9.17) is 0 Å². The number of hydrogen-bond donors (Lipinski definition) is 2. The van der Waals surface area contributed by atoms with Crippen LogP contribution in [0.5, 0.6) is 0 Å². The Balaban J connectivity index is 1.97. The third kappa shape index (κ3) is 3.33. The number of carboxylic acids is 1. The lowest BCUT2D eigenvalue weighted by molar-refractivity contribution is -0.149. The number of hydrogen-bond acceptors (Lipinski definition) is 2. The highest BCUT2D eigenvalue weighted by molar-refractivity contribution is 5.85. The first-order valence-corrected chi connectivity index (χ1v) is 8.04. The Morgan fingerprint density at radius 2 is 1.60 bits per heavy atom. The zero-order chi connectivity index (χ0) is 14.7. The molecule has 2 saturated carbocycles. The van der Waals surface area contributed by atoms with Crippen LogP contribution in [-0.4, -0.2) is 23.0 Å². The van der Waals surface area contributed by atoms with Gasteiger partial charge >= 0.3 is 5.97 Å². The summed E-state index contributed by atoms with van der Waals surface area (Å²) >= 11 is 0. The summed E-state index contributed by atoms with van der Waals surface area (Å²) in [4.78, 5) is 23.8. The zero-order valence-electron chi connectivity index (χ0n) is 12.6. The fourth-order valence-electron chi connectivity index (χ4n) is 3.82. The van der Waals surface area contributed by atoms with E-state index >= 15 is 0 Å². The van der Waals surface area contributed by atoms with Gasteiger partial charge in [-0.15, -0.1) is 0 Å². The minimum absolute atomic E-state index is 0.0250. The van der Waals surface area contributed by atoms with Gasteiger partial charge in [-0.2, -0.15) is 0 Å². The second kappa shape index (κ2) is 6.59. The summed E-state index contributed by atoms with van der Waals surface area (Å²) in [5, 5.41) is 12.4. The van der Waals surface area contributed by atoms with E-state index in [1.165, 1.54) is 6.42 Å². The van der Waals surface area contributed by atoms with Gasteiger partial charge < -0.3 is 10.4 Å². The van der Waals surface area contributed by atoms with Crippen LogP contribution in [0.15, 0.2) is 0 Å². The fourth-order valence-corrected chi connectivity index (χ4v) is 3.82. The normalized spacial score (nSPS) is 38.2. The van der Waals surface area contributed by atoms with Crippen molar-refractivity contribution in [1.82, 2.24) is 5.32 Å². The summed E-state index contributed by atoms with van der Waals surface area (Å²) in [6.07, 6.45) is 6.68. The molecule has 2 aliphatic carbocycles. The summed E-state index contributed by atoms with van der Waals surface area (Å²) in [5.74, 6) is -0.529. The maximum absolute atomic E-state index is 12.5. The van der Waals surface area contributed by atoms with Crippen LogP contribution in [0.25, 0.3) is 0 Å². The van der Waals surface area contributed by atoms with Crippen LogP contribution in [0.4, 0.5) is 0 Å². The van der Waals surface area contributed by atoms with Gasteiger partial charge in [-0.05, 0) is 31.1 Å². The molecule has 0 saturated heterocycles. The van der Waals surface area contributed by atoms with Crippen LogP contribution in [-0.2, 0) is 9.59 Å². The quantitative estimate of drug-likeness (QED) is 0.836. The molecule has 0 aromatic rings. The average molecular weight is 281 g/mol. The maximum atomic E-state index is 12.5. The van der Waals surface area contributed by atoms with Gasteiger partial charge in [-0.25, -0.2) is 0 Å². The number of carbonyl (C=O) groups is 2. The minimum Gasteiger partial charge on any atom is -0.481 e. The molecule has 0 aromatic heterocycles. The predicted octanol–water partition coefficient (Wildman–Crippen LogP) is 2.82. The molecule has 1 amide bonds. The molecule has 4 nitrogen and oxygen atoms in total. The van der Waals surface area contributed by atoms with Crippen LogP contribution in [0.1, 0.15) is 58.8 Å². The van der Waals surface area contributed by atoms with E-state index in [-0.39, 0.29) is 17.9 Å². The Hall–Kier alpha value is -1.06. The number of rotatable bonds is 3. The highest BCUT2D eigenvalue weighted by Crippen LogP contribution is 2.33. The Labute approximate surface area is 121 Å². The zero-order valence-corrected chi connectivity index (χ0v) is 12.6. The molecule has 0 aromatic carbocycles. The molecule has 4 heteroatoms. The van der Waals surface area contributed by atoms with Crippen LogP contribution < -0.4 is 5.32 Å². The van der Waals surface area contributed by atoms with Crippen molar-refractivity contribution in [3.05, 3.63) is 0 Å². The molecule has 2 fully saturated rings. The number of amides is 1. The molecule has 3 unspecified atom stereocenters. The summed E-state index contributed by atoms with van der Waals surface area (Å²) in [6.45, 7) is 4.44. The van der Waals surface area contributed by atoms with E-state index in [2.05, 4.69) is 19.2 Å². The highest BCUT2D eigenvalue weighted by Gasteiger charge is 2.37. The van der Waals surface area contributed by atoms with E-state index < -0.39 is 11.9 Å². The molecular weight excluding hydrogens is 254 g/mol. The predicted molar refractivity (Wildman–Crippen MR) is 77.2 cm³/mol. The first-order chi connectivity index (χ1) is 9.50. The lowest BCUT2D eigenvalue weighted by Gasteiger charge is -2.36. The van der Waals surface area contributed by atoms with Gasteiger partial charge in [0.1, 0.15) is 0 Å². The van der Waals surface area contributed by atoms with Gasteiger partial charge in [0.05, 0.1) is 11.8 Å². The molecule has 0 radical (unpaired) electrons. The van der Waals surface area contributed by atoms with E-state index in [1.54, 1.807) is 0 Å². The van der Waals surface area contributed by atoms with Crippen LogP contribution in [0.3, 0.4) is 0 Å². The van der Waals surface area contributed by atoms with Crippen molar-refractivity contribution in [3.63, 3.8) is 0 Å². The summed E-state index contributed by atoms with van der Waals surface area (Å²) in [6, 6.07) is 0.225. The lowest BCUT2D eigenvalue weighted by Crippen LogP contribution is -2.48. The van der Waals surface area contributed by atoms with E-state index in [0.29, 0.717) is 18.3 Å². The molecule has 0 spiro atoms. The van der Waals surface area contributed by atoms with Crippen molar-refractivity contribution < 1.29 is 14.7 Å². The first kappa shape index (κ1) is 15.3. The van der Waals surface area contributed by atoms with Crippen molar-refractivity contribution in [1.29, 1.82) is 0 Å². The maximum Gasteiger partial charge on any atom is 0.307 e. The Morgan fingerprint density at radius 3 is 2.25 bits per heavy atom. The molecule has 0 bridgehead atoms. The standard InChI is InChI=1S/C16H27NO3/c1-10-6-5-9-14(11(10)2)17-15(18)12-7-3-4-8-13(12)16(19)20/h10-14H,3-9H2,1-2H3,(H,17,18)(H,19,20)/t10?,11?,12-,13+,14?/m1/s1. The number of aliphatic carboxylic acids is 1. The molecule has 0 heterocycles. The SMILES string of the molecule is CC1CCCC(NC(=O)[C@@H]2CCCC[C@@H]2C(=O)O)C1C. The van der Waals surface area contributed by atoms with Gasteiger partial charge in [0.2, 0.25) is 5.91 Å². The molecule has 20 heavy (non-hydrogen) atoms. The van der Waals surface area contributed by atoms with Gasteiger partial charge in [-0.3, -0.25) is 9.59 Å². The van der Waals surface area contributed by atoms with Gasteiger partial charge in [-0.1, -0.05) is 39.5 Å². The molecule has 2 aliphatic rings. The largest absolute Gasteiger partial charge is 0.481 e. The van der Waals surface area contributed by atoms with Gasteiger partial charge in [0.25, 0.3) is 0 Å². The molecule has 2 N–H and O–H groups in total. The summed E-state index contributed by atoms with van der Waals surface area (Å²) < 4.78 is 0. The van der Waals surface area contributed by atoms with E-state index in [9.17, 15) is 14.7 Å². The van der Waals surface area contributed by atoms with E-state index in [1.807, 2.05) is 0 Å². The minimum atomic E-state index is -0.810. The Bertz CT molecular complexity index is 369. The average Bonchev–Trinajstić information content (AvgIpc) is 2.43. The number of nitrogens with one attached hydrogen (secondary N) is 1. The number of carboxylic acid groups (broad SMARTS) is 1. The lowest BCUT2D eigenvalue weighted by atomic mass is 9.76. The monoisotopic (exact) mass is 281 g/mol. The summed E-state index contributed by atoms with van der Waals surface area (Å²) in [5.41, 5.74) is 0. The molecule has 5 atom stereocenters. The van der Waals surface area contributed by atoms with Crippen LogP contribution >= 0.6 is 0 Å².